The van der Waals surface area contributed by atoms with Crippen LogP contribution in [0.5, 0.6) is 11.5 Å². The van der Waals surface area contributed by atoms with Crippen LogP contribution < -0.4 is 0 Å². The normalized spacial score (nSPS) is 10.3. The van der Waals surface area contributed by atoms with Crippen LogP contribution in [0.4, 0.5) is 0 Å². The van der Waals surface area contributed by atoms with E-state index in [1.165, 1.54) is 11.0 Å². The molecule has 0 aliphatic carbocycles. The van der Waals surface area contributed by atoms with E-state index < -0.39 is 0 Å². The molecule has 0 amide bonds. The summed E-state index contributed by atoms with van der Waals surface area (Å²) in [6.45, 7) is 0. The van der Waals surface area contributed by atoms with Crippen LogP contribution in [-0.4, -0.2) is 16.5 Å². The first-order valence-electron chi connectivity index (χ1n) is 4.87. The molecule has 3 heteroatoms. The second kappa shape index (κ2) is 4.49. The van der Waals surface area contributed by atoms with E-state index in [4.69, 9.17) is 0 Å². The number of hydrogen-bond donors (Lipinski definition) is 2. The van der Waals surface area contributed by atoms with E-state index in [0.717, 1.165) is 11.1 Å². The first kappa shape index (κ1) is 10.9. The third-order valence-electron chi connectivity index (χ3n) is 2.40. The smallest absolute Gasteiger partial charge is 0.158 e. The van der Waals surface area contributed by atoms with Crippen molar-refractivity contribution < 1.29 is 10.2 Å². The molecule has 0 aliphatic rings. The highest BCUT2D eigenvalue weighted by Crippen LogP contribution is 2.31. The number of rotatable bonds is 2. The zero-order chi connectivity index (χ0) is 11.5. The lowest BCUT2D eigenvalue weighted by atomic mass is 10.1. The highest BCUT2D eigenvalue weighted by atomic mass is 32.2. The van der Waals surface area contributed by atoms with Crippen molar-refractivity contribution >= 4 is 11.8 Å². The molecular weight excluding hydrogens is 220 g/mol. The largest absolute Gasteiger partial charge is 0.504 e. The third kappa shape index (κ3) is 2.14. The highest BCUT2D eigenvalue weighted by Gasteiger charge is 2.02. The number of phenolic OH excluding ortho intramolecular Hbond substituents is 2. The van der Waals surface area contributed by atoms with Gasteiger partial charge in [-0.1, -0.05) is 18.2 Å². The number of thioether (sulfide) groups is 1. The van der Waals surface area contributed by atoms with Gasteiger partial charge in [-0.25, -0.2) is 0 Å². The molecule has 0 spiro atoms. The van der Waals surface area contributed by atoms with Gasteiger partial charge in [0.1, 0.15) is 0 Å². The Bertz CT molecular complexity index is 492. The molecule has 0 saturated heterocycles. The van der Waals surface area contributed by atoms with Crippen LogP contribution in [-0.2, 0) is 0 Å². The Balaban J connectivity index is 2.38. The molecule has 82 valence electrons. The van der Waals surface area contributed by atoms with E-state index in [0.29, 0.717) is 0 Å². The summed E-state index contributed by atoms with van der Waals surface area (Å²) in [4.78, 5) is 1.20. The zero-order valence-electron chi connectivity index (χ0n) is 8.84. The number of aromatic hydroxyl groups is 2. The summed E-state index contributed by atoms with van der Waals surface area (Å²) in [5.74, 6) is -0.184. The van der Waals surface area contributed by atoms with Crippen LogP contribution in [0.1, 0.15) is 0 Å². The molecular formula is C13H12O2S. The predicted molar refractivity (Wildman–Crippen MR) is 67.0 cm³/mol. The van der Waals surface area contributed by atoms with Gasteiger partial charge in [0.25, 0.3) is 0 Å². The minimum absolute atomic E-state index is 0.0913. The predicted octanol–water partition coefficient (Wildman–Crippen LogP) is 3.49. The van der Waals surface area contributed by atoms with Crippen LogP contribution in [0.2, 0.25) is 0 Å². The summed E-state index contributed by atoms with van der Waals surface area (Å²) in [7, 11) is 0. The highest BCUT2D eigenvalue weighted by molar-refractivity contribution is 7.98. The van der Waals surface area contributed by atoms with Crippen molar-refractivity contribution in [1.82, 2.24) is 0 Å². The Hall–Kier alpha value is -1.61. The van der Waals surface area contributed by atoms with Crippen molar-refractivity contribution in [3.8, 4) is 22.6 Å². The Morgan fingerprint density at radius 2 is 1.44 bits per heavy atom. The van der Waals surface area contributed by atoms with Crippen molar-refractivity contribution in [2.75, 3.05) is 6.26 Å². The average molecular weight is 232 g/mol. The lowest BCUT2D eigenvalue weighted by Crippen LogP contribution is -1.78. The van der Waals surface area contributed by atoms with Crippen molar-refractivity contribution in [2.45, 2.75) is 4.90 Å². The van der Waals surface area contributed by atoms with Crippen LogP contribution in [0.3, 0.4) is 0 Å². The van der Waals surface area contributed by atoms with E-state index in [-0.39, 0.29) is 11.5 Å². The van der Waals surface area contributed by atoms with Gasteiger partial charge in [-0.3, -0.25) is 0 Å². The second-order valence-electron chi connectivity index (χ2n) is 3.43. The van der Waals surface area contributed by atoms with Crippen LogP contribution in [0, 0.1) is 0 Å². The van der Waals surface area contributed by atoms with Gasteiger partial charge in [0.05, 0.1) is 0 Å². The van der Waals surface area contributed by atoms with Gasteiger partial charge in [-0.05, 0) is 41.6 Å². The Labute approximate surface area is 98.6 Å². The third-order valence-corrected chi connectivity index (χ3v) is 3.14. The van der Waals surface area contributed by atoms with Crippen LogP contribution >= 0.6 is 11.8 Å². The molecule has 0 unspecified atom stereocenters. The molecule has 16 heavy (non-hydrogen) atoms. The molecule has 0 heterocycles. The van der Waals surface area contributed by atoms with Gasteiger partial charge < -0.3 is 10.2 Å². The number of phenols is 2. The summed E-state index contributed by atoms with van der Waals surface area (Å²) in [6, 6.07) is 12.9. The molecule has 2 N–H and O–H groups in total. The van der Waals surface area contributed by atoms with E-state index in [2.05, 4.69) is 0 Å². The molecule has 2 nitrogen and oxygen atoms in total. The van der Waals surface area contributed by atoms with Crippen molar-refractivity contribution in [2.24, 2.45) is 0 Å². The topological polar surface area (TPSA) is 40.5 Å². The molecule has 0 saturated carbocycles. The summed E-state index contributed by atoms with van der Waals surface area (Å²) in [6.07, 6.45) is 2.03. The molecule has 2 rings (SSSR count). The molecule has 0 atom stereocenters. The summed E-state index contributed by atoms with van der Waals surface area (Å²) >= 11 is 1.69. The fourth-order valence-corrected chi connectivity index (χ4v) is 1.89. The van der Waals surface area contributed by atoms with Gasteiger partial charge in [0.15, 0.2) is 11.5 Å². The minimum Gasteiger partial charge on any atom is -0.504 e. The maximum atomic E-state index is 9.41. The molecule has 2 aromatic rings. The zero-order valence-corrected chi connectivity index (χ0v) is 9.66. The Morgan fingerprint density at radius 3 is 2.00 bits per heavy atom. The number of benzene rings is 2. The van der Waals surface area contributed by atoms with Gasteiger partial charge in [0, 0.05) is 4.90 Å². The van der Waals surface area contributed by atoms with Gasteiger partial charge in [-0.15, -0.1) is 11.8 Å². The van der Waals surface area contributed by atoms with E-state index in [1.54, 1.807) is 23.9 Å². The van der Waals surface area contributed by atoms with Gasteiger partial charge in [-0.2, -0.15) is 0 Å². The fraction of sp³-hybridized carbons (Fsp3) is 0.0769. The van der Waals surface area contributed by atoms with Gasteiger partial charge in [0.2, 0.25) is 0 Å². The molecule has 0 aliphatic heterocycles. The standard InChI is InChI=1S/C13H12O2S/c1-16-11-5-2-9(3-6-11)10-4-7-12(14)13(15)8-10/h2-8,14-15H,1H3. The molecule has 2 aromatic carbocycles. The first-order valence-corrected chi connectivity index (χ1v) is 6.09. The van der Waals surface area contributed by atoms with E-state index in [1.807, 2.05) is 30.5 Å². The lowest BCUT2D eigenvalue weighted by Gasteiger charge is -2.04. The van der Waals surface area contributed by atoms with Gasteiger partial charge >= 0.3 is 0 Å². The van der Waals surface area contributed by atoms with E-state index in [9.17, 15) is 10.2 Å². The van der Waals surface area contributed by atoms with Crippen molar-refractivity contribution in [3.63, 3.8) is 0 Å². The lowest BCUT2D eigenvalue weighted by molar-refractivity contribution is 0.404. The molecule has 0 aromatic heterocycles. The number of hydrogen-bond acceptors (Lipinski definition) is 3. The van der Waals surface area contributed by atoms with Crippen molar-refractivity contribution in [1.29, 1.82) is 0 Å². The molecule has 0 bridgehead atoms. The SMILES string of the molecule is CSc1ccc(-c2ccc(O)c(O)c2)cc1. The maximum absolute atomic E-state index is 9.41. The monoisotopic (exact) mass is 232 g/mol. The van der Waals surface area contributed by atoms with Crippen LogP contribution in [0.25, 0.3) is 11.1 Å². The average Bonchev–Trinajstić information content (AvgIpc) is 2.33. The quantitative estimate of drug-likeness (QED) is 0.615. The maximum Gasteiger partial charge on any atom is 0.158 e. The Morgan fingerprint density at radius 1 is 0.812 bits per heavy atom. The minimum atomic E-state index is -0.0931. The Kier molecular flexibility index (Phi) is 3.06. The van der Waals surface area contributed by atoms with Crippen LogP contribution in [0.15, 0.2) is 47.4 Å². The van der Waals surface area contributed by atoms with E-state index >= 15 is 0 Å². The summed E-state index contributed by atoms with van der Waals surface area (Å²) in [5.41, 5.74) is 1.91. The molecule has 0 radical (unpaired) electrons. The fourth-order valence-electron chi connectivity index (χ4n) is 1.49. The second-order valence-corrected chi connectivity index (χ2v) is 4.31. The molecule has 0 fully saturated rings. The summed E-state index contributed by atoms with van der Waals surface area (Å²) < 4.78 is 0. The first-order chi connectivity index (χ1) is 7.70. The summed E-state index contributed by atoms with van der Waals surface area (Å²) in [5, 5.41) is 18.6. The van der Waals surface area contributed by atoms with Crippen molar-refractivity contribution in [3.05, 3.63) is 42.5 Å².